The van der Waals surface area contributed by atoms with Gasteiger partial charge in [0.15, 0.2) is 0 Å². The molecule has 166 valence electrons. The van der Waals surface area contributed by atoms with Crippen molar-refractivity contribution < 1.29 is 9.84 Å². The van der Waals surface area contributed by atoms with Crippen LogP contribution >= 0.6 is 0 Å². The van der Waals surface area contributed by atoms with Crippen LogP contribution < -0.4 is 4.74 Å². The molecule has 2 nitrogen and oxygen atoms in total. The van der Waals surface area contributed by atoms with Gasteiger partial charge in [-0.2, -0.15) is 0 Å². The Balaban J connectivity index is 1.83. The van der Waals surface area contributed by atoms with Crippen molar-refractivity contribution in [2.75, 3.05) is 0 Å². The second-order valence-corrected chi connectivity index (χ2v) is 9.70. The summed E-state index contributed by atoms with van der Waals surface area (Å²) in [4.78, 5) is 0. The molecule has 0 amide bonds. The third-order valence-electron chi connectivity index (χ3n) is 6.36. The number of ether oxygens (including phenoxy) is 1. The molecule has 1 aromatic carbocycles. The lowest BCUT2D eigenvalue weighted by atomic mass is 9.86. The third kappa shape index (κ3) is 7.07. The highest BCUT2D eigenvalue weighted by Gasteiger charge is 2.33. The van der Waals surface area contributed by atoms with Crippen LogP contribution in [0.1, 0.15) is 96.3 Å². The number of hydrogen-bond donors (Lipinski definition) is 1. The van der Waals surface area contributed by atoms with E-state index in [0.29, 0.717) is 5.75 Å². The molecule has 0 aromatic heterocycles. The number of phenolic OH excluding ortho intramolecular Hbond substituents is 1. The highest BCUT2D eigenvalue weighted by Crippen LogP contribution is 2.42. The van der Waals surface area contributed by atoms with Crippen LogP contribution in [0.15, 0.2) is 41.0 Å². The first-order valence-electron chi connectivity index (χ1n) is 11.6. The number of hydrogen-bond acceptors (Lipinski definition) is 2. The van der Waals surface area contributed by atoms with Crippen LogP contribution in [0.25, 0.3) is 0 Å². The van der Waals surface area contributed by atoms with Crippen LogP contribution in [0.5, 0.6) is 11.5 Å². The van der Waals surface area contributed by atoms with Crippen molar-refractivity contribution >= 4 is 0 Å². The Kier molecular flexibility index (Phi) is 8.82. The van der Waals surface area contributed by atoms with Gasteiger partial charge in [0, 0.05) is 5.56 Å². The molecule has 2 rings (SSSR count). The van der Waals surface area contributed by atoms with Gasteiger partial charge in [0.25, 0.3) is 0 Å². The van der Waals surface area contributed by atoms with Gasteiger partial charge in [-0.25, -0.2) is 0 Å². The van der Waals surface area contributed by atoms with Gasteiger partial charge in [-0.05, 0) is 117 Å². The summed E-state index contributed by atoms with van der Waals surface area (Å²) in [6, 6.07) is 1.83. The average molecular weight is 411 g/mol. The minimum absolute atomic E-state index is 0.126. The summed E-state index contributed by atoms with van der Waals surface area (Å²) in [5.41, 5.74) is 7.45. The molecule has 0 bridgehead atoms. The van der Waals surface area contributed by atoms with Gasteiger partial charge in [0.2, 0.25) is 0 Å². The molecule has 1 aromatic rings. The van der Waals surface area contributed by atoms with Gasteiger partial charge < -0.3 is 9.84 Å². The fraction of sp³-hybridized carbons (Fsp3) is 0.571. The summed E-state index contributed by atoms with van der Waals surface area (Å²) in [5.74, 6) is 1.38. The third-order valence-corrected chi connectivity index (χ3v) is 6.36. The highest BCUT2D eigenvalue weighted by atomic mass is 16.5. The SMILES string of the molecule is CC(C)=CCCC(C)=CCCC(C)=CCC[C@]1(C)CCc2c(C)c(O)cc(C)c2O1. The van der Waals surface area contributed by atoms with Crippen LogP contribution in [0.2, 0.25) is 0 Å². The molecule has 0 fully saturated rings. The summed E-state index contributed by atoms with van der Waals surface area (Å²) >= 11 is 0. The predicted octanol–water partition coefficient (Wildman–Crippen LogP) is 8.29. The summed E-state index contributed by atoms with van der Waals surface area (Å²) in [7, 11) is 0. The number of fused-ring (bicyclic) bond motifs is 1. The molecular weight excluding hydrogens is 368 g/mol. The van der Waals surface area contributed by atoms with E-state index in [1.54, 1.807) is 0 Å². The number of aromatic hydroxyl groups is 1. The number of phenols is 1. The Morgan fingerprint density at radius 2 is 1.60 bits per heavy atom. The van der Waals surface area contributed by atoms with Crippen molar-refractivity contribution in [1.29, 1.82) is 0 Å². The minimum atomic E-state index is -0.126. The molecule has 0 aliphatic carbocycles. The lowest BCUT2D eigenvalue weighted by Gasteiger charge is -2.37. The predicted molar refractivity (Wildman–Crippen MR) is 130 cm³/mol. The largest absolute Gasteiger partial charge is 0.508 e. The molecule has 1 aliphatic rings. The van der Waals surface area contributed by atoms with E-state index >= 15 is 0 Å². The zero-order valence-corrected chi connectivity index (χ0v) is 20.3. The summed E-state index contributed by atoms with van der Waals surface area (Å²) < 4.78 is 6.48. The van der Waals surface area contributed by atoms with E-state index in [1.807, 2.05) is 19.9 Å². The standard InChI is InChI=1S/C28H42O2/c1-20(2)11-8-12-21(3)13-9-14-22(4)15-10-17-28(7)18-16-25-24(6)26(29)19-23(5)27(25)30-28/h11,13,15,19,29H,8-10,12,14,16-18H2,1-7H3/t28-/m1/s1. The number of aryl methyl sites for hydroxylation is 1. The number of benzene rings is 1. The Morgan fingerprint density at radius 1 is 1.00 bits per heavy atom. The van der Waals surface area contributed by atoms with Gasteiger partial charge in [-0.3, -0.25) is 0 Å². The average Bonchev–Trinajstić information content (AvgIpc) is 2.66. The van der Waals surface area contributed by atoms with E-state index in [-0.39, 0.29) is 5.60 Å². The highest BCUT2D eigenvalue weighted by molar-refractivity contribution is 5.53. The van der Waals surface area contributed by atoms with Crippen molar-refractivity contribution in [3.63, 3.8) is 0 Å². The summed E-state index contributed by atoms with van der Waals surface area (Å²) in [5, 5.41) is 10.1. The molecular formula is C28H42O2. The molecule has 1 atom stereocenters. The Bertz CT molecular complexity index is 822. The summed E-state index contributed by atoms with van der Waals surface area (Å²) in [6.45, 7) is 15.1. The Labute approximate surface area is 184 Å². The number of allylic oxidation sites excluding steroid dienone is 6. The van der Waals surface area contributed by atoms with Gasteiger partial charge >= 0.3 is 0 Å². The fourth-order valence-electron chi connectivity index (χ4n) is 4.21. The van der Waals surface area contributed by atoms with E-state index in [2.05, 4.69) is 52.8 Å². The number of rotatable bonds is 9. The maximum absolute atomic E-state index is 10.1. The maximum Gasteiger partial charge on any atom is 0.126 e. The Morgan fingerprint density at radius 3 is 2.23 bits per heavy atom. The normalized spacial score (nSPS) is 19.3. The molecule has 0 unspecified atom stereocenters. The van der Waals surface area contributed by atoms with E-state index in [0.717, 1.165) is 61.8 Å². The monoisotopic (exact) mass is 410 g/mol. The molecule has 1 heterocycles. The van der Waals surface area contributed by atoms with Gasteiger partial charge in [-0.1, -0.05) is 34.9 Å². The molecule has 1 N–H and O–H groups in total. The quantitative estimate of drug-likeness (QED) is 0.415. The van der Waals surface area contributed by atoms with Crippen LogP contribution in [-0.4, -0.2) is 10.7 Å². The first-order chi connectivity index (χ1) is 14.1. The molecule has 0 saturated heterocycles. The molecule has 1 aliphatic heterocycles. The second-order valence-electron chi connectivity index (χ2n) is 9.70. The van der Waals surface area contributed by atoms with Gasteiger partial charge in [-0.15, -0.1) is 0 Å². The van der Waals surface area contributed by atoms with Gasteiger partial charge in [0.05, 0.1) is 0 Å². The first kappa shape index (κ1) is 24.3. The minimum Gasteiger partial charge on any atom is -0.508 e. The van der Waals surface area contributed by atoms with Crippen LogP contribution in [0.3, 0.4) is 0 Å². The molecule has 30 heavy (non-hydrogen) atoms. The summed E-state index contributed by atoms with van der Waals surface area (Å²) in [6.07, 6.45) is 15.8. The van der Waals surface area contributed by atoms with Crippen molar-refractivity contribution in [1.82, 2.24) is 0 Å². The van der Waals surface area contributed by atoms with Crippen molar-refractivity contribution in [2.24, 2.45) is 0 Å². The maximum atomic E-state index is 10.1. The van der Waals surface area contributed by atoms with E-state index in [9.17, 15) is 5.11 Å². The smallest absolute Gasteiger partial charge is 0.126 e. The first-order valence-corrected chi connectivity index (χ1v) is 11.6. The van der Waals surface area contributed by atoms with Crippen molar-refractivity contribution in [3.8, 4) is 11.5 Å². The lowest BCUT2D eigenvalue weighted by molar-refractivity contribution is 0.0559. The fourth-order valence-corrected chi connectivity index (χ4v) is 4.21. The molecule has 2 heteroatoms. The van der Waals surface area contributed by atoms with Crippen LogP contribution in [0.4, 0.5) is 0 Å². The molecule has 0 radical (unpaired) electrons. The second kappa shape index (κ2) is 10.9. The Hall–Kier alpha value is -1.96. The van der Waals surface area contributed by atoms with Crippen LogP contribution in [-0.2, 0) is 6.42 Å². The van der Waals surface area contributed by atoms with Crippen molar-refractivity contribution in [2.45, 2.75) is 105 Å². The molecule has 0 spiro atoms. The molecule has 0 saturated carbocycles. The van der Waals surface area contributed by atoms with E-state index in [1.165, 1.54) is 28.7 Å². The van der Waals surface area contributed by atoms with Crippen molar-refractivity contribution in [3.05, 3.63) is 57.7 Å². The zero-order valence-electron chi connectivity index (χ0n) is 20.3. The van der Waals surface area contributed by atoms with Gasteiger partial charge in [0.1, 0.15) is 17.1 Å². The topological polar surface area (TPSA) is 29.5 Å². The van der Waals surface area contributed by atoms with Crippen LogP contribution in [0, 0.1) is 13.8 Å². The lowest BCUT2D eigenvalue weighted by Crippen LogP contribution is -2.36. The van der Waals surface area contributed by atoms with E-state index in [4.69, 9.17) is 4.74 Å². The van der Waals surface area contributed by atoms with E-state index < -0.39 is 0 Å². The zero-order chi connectivity index (χ0) is 22.3.